The van der Waals surface area contributed by atoms with Crippen molar-refractivity contribution < 1.29 is 9.59 Å². The molecule has 1 aromatic carbocycles. The third-order valence-corrected chi connectivity index (χ3v) is 7.12. The van der Waals surface area contributed by atoms with E-state index in [0.29, 0.717) is 0 Å². The second-order valence-electron chi connectivity index (χ2n) is 8.90. The highest BCUT2D eigenvalue weighted by Gasteiger charge is 2.52. The van der Waals surface area contributed by atoms with Crippen molar-refractivity contribution in [2.24, 2.45) is 4.99 Å². The number of fused-ring (bicyclic) bond motifs is 3. The van der Waals surface area contributed by atoms with E-state index in [1.807, 2.05) is 11.8 Å². The van der Waals surface area contributed by atoms with Gasteiger partial charge >= 0.3 is 6.03 Å². The maximum absolute atomic E-state index is 12.6. The molecule has 9 heteroatoms. The van der Waals surface area contributed by atoms with Gasteiger partial charge in [-0.2, -0.15) is 0 Å². The first kappa shape index (κ1) is 20.8. The summed E-state index contributed by atoms with van der Waals surface area (Å²) in [5.41, 5.74) is 3.46. The zero-order chi connectivity index (χ0) is 22.4. The van der Waals surface area contributed by atoms with Crippen molar-refractivity contribution in [1.82, 2.24) is 24.9 Å². The van der Waals surface area contributed by atoms with E-state index in [1.165, 1.54) is 10.6 Å². The Labute approximate surface area is 188 Å². The smallest absolute Gasteiger partial charge is 0.325 e. The Bertz CT molecular complexity index is 968. The number of amides is 3. The first-order chi connectivity index (χ1) is 15.5. The molecule has 0 aromatic heterocycles. The van der Waals surface area contributed by atoms with Crippen molar-refractivity contribution in [3.63, 3.8) is 0 Å². The number of anilines is 1. The summed E-state index contributed by atoms with van der Waals surface area (Å²) in [5.74, 6) is 0.516. The molecule has 4 aliphatic heterocycles. The van der Waals surface area contributed by atoms with Crippen LogP contribution in [0.4, 0.5) is 10.5 Å². The van der Waals surface area contributed by atoms with Gasteiger partial charge < -0.3 is 14.7 Å². The molecule has 0 radical (unpaired) electrons. The van der Waals surface area contributed by atoms with Crippen LogP contribution in [0.3, 0.4) is 0 Å². The lowest BCUT2D eigenvalue weighted by Gasteiger charge is -2.36. The van der Waals surface area contributed by atoms with Crippen LogP contribution in [0.15, 0.2) is 46.7 Å². The van der Waals surface area contributed by atoms with Crippen molar-refractivity contribution in [1.29, 1.82) is 0 Å². The molecular weight excluding hydrogens is 406 g/mol. The lowest BCUT2D eigenvalue weighted by molar-refractivity contribution is -0.126. The van der Waals surface area contributed by atoms with Gasteiger partial charge in [0.25, 0.3) is 5.91 Å². The zero-order valence-corrected chi connectivity index (χ0v) is 19.0. The molecule has 0 aliphatic carbocycles. The topological polar surface area (TPSA) is 74.7 Å². The molecule has 2 atom stereocenters. The van der Waals surface area contributed by atoms with Crippen molar-refractivity contribution in [2.45, 2.75) is 32.5 Å². The molecule has 3 amide bonds. The number of piperazine rings is 1. The average Bonchev–Trinajstić information content (AvgIpc) is 3.30. The number of carbonyl (C=O) groups excluding carboxylic acids is 2. The van der Waals surface area contributed by atoms with Gasteiger partial charge in [0.1, 0.15) is 0 Å². The molecule has 32 heavy (non-hydrogen) atoms. The highest BCUT2D eigenvalue weighted by molar-refractivity contribution is 6.05. The second kappa shape index (κ2) is 8.12. The quantitative estimate of drug-likeness (QED) is 0.749. The fourth-order valence-corrected chi connectivity index (χ4v) is 5.11. The van der Waals surface area contributed by atoms with Crippen LogP contribution in [0.2, 0.25) is 0 Å². The number of allylic oxidation sites excluding steroid dienone is 2. The van der Waals surface area contributed by atoms with Gasteiger partial charge in [-0.15, -0.1) is 0 Å². The van der Waals surface area contributed by atoms with Crippen LogP contribution in [-0.4, -0.2) is 96.0 Å². The Balaban J connectivity index is 1.19. The fraction of sp³-hybridized carbons (Fsp3) is 0.522. The molecule has 5 rings (SSSR count). The maximum atomic E-state index is 12.6. The number of guanidine groups is 1. The summed E-state index contributed by atoms with van der Waals surface area (Å²) in [6.45, 7) is 10.2. The Morgan fingerprint density at radius 3 is 2.44 bits per heavy atom. The van der Waals surface area contributed by atoms with Gasteiger partial charge in [0, 0.05) is 56.9 Å². The number of nitrogens with one attached hydrogen (secondary N) is 1. The van der Waals surface area contributed by atoms with Crippen molar-refractivity contribution in [3.8, 4) is 0 Å². The van der Waals surface area contributed by atoms with E-state index < -0.39 is 12.2 Å². The number of nitrogens with zero attached hydrogens (tertiary/aromatic N) is 6. The summed E-state index contributed by atoms with van der Waals surface area (Å²) in [4.78, 5) is 40.1. The number of para-hydroxylation sites is 1. The Morgan fingerprint density at radius 1 is 1.00 bits per heavy atom. The first-order valence-electron chi connectivity index (χ1n) is 11.4. The molecule has 0 saturated carbocycles. The van der Waals surface area contributed by atoms with Crippen molar-refractivity contribution in [3.05, 3.63) is 41.7 Å². The summed E-state index contributed by atoms with van der Waals surface area (Å²) in [6, 6.07) is 9.73. The summed E-state index contributed by atoms with van der Waals surface area (Å²) in [5, 5.41) is 2.45. The summed E-state index contributed by atoms with van der Waals surface area (Å²) >= 11 is 0. The monoisotopic (exact) mass is 437 g/mol. The molecule has 2 unspecified atom stereocenters. The lowest BCUT2D eigenvalue weighted by Crippen LogP contribution is -2.63. The van der Waals surface area contributed by atoms with Gasteiger partial charge in [-0.3, -0.25) is 19.9 Å². The predicted octanol–water partition coefficient (Wildman–Crippen LogP) is 1.31. The number of imide groups is 1. The first-order valence-corrected chi connectivity index (χ1v) is 11.4. The van der Waals surface area contributed by atoms with Crippen LogP contribution in [0, 0.1) is 0 Å². The van der Waals surface area contributed by atoms with Gasteiger partial charge in [0.2, 0.25) is 5.96 Å². The van der Waals surface area contributed by atoms with Crippen LogP contribution < -0.4 is 10.2 Å². The van der Waals surface area contributed by atoms with Crippen molar-refractivity contribution >= 4 is 23.6 Å². The number of hydrogen-bond donors (Lipinski definition) is 1. The molecule has 170 valence electrons. The number of likely N-dealkylation sites (N-methyl/N-ethyl adjacent to an activating group) is 1. The largest absolute Gasteiger partial charge is 0.369 e. The molecule has 4 aliphatic rings. The van der Waals surface area contributed by atoms with Crippen molar-refractivity contribution in [2.75, 3.05) is 51.2 Å². The van der Waals surface area contributed by atoms with E-state index in [0.717, 1.165) is 63.0 Å². The van der Waals surface area contributed by atoms with Gasteiger partial charge in [0.05, 0.1) is 0 Å². The van der Waals surface area contributed by atoms with Gasteiger partial charge in [-0.05, 0) is 38.9 Å². The third-order valence-electron chi connectivity index (χ3n) is 7.12. The Hall–Kier alpha value is -3.07. The second-order valence-corrected chi connectivity index (χ2v) is 8.90. The minimum Gasteiger partial charge on any atom is -0.369 e. The molecular formula is C23H31N7O2. The number of carbonyl (C=O) groups is 2. The highest BCUT2D eigenvalue weighted by Crippen LogP contribution is 2.36. The molecule has 0 bridgehead atoms. The number of rotatable bonds is 5. The Kier molecular flexibility index (Phi) is 5.28. The third kappa shape index (κ3) is 3.40. The van der Waals surface area contributed by atoms with E-state index in [2.05, 4.69) is 57.3 Å². The van der Waals surface area contributed by atoms with Gasteiger partial charge in [0.15, 0.2) is 12.2 Å². The predicted molar refractivity (Wildman–Crippen MR) is 123 cm³/mol. The van der Waals surface area contributed by atoms with E-state index in [9.17, 15) is 9.59 Å². The summed E-state index contributed by atoms with van der Waals surface area (Å²) in [6.07, 6.45) is 0.543. The summed E-state index contributed by atoms with van der Waals surface area (Å²) < 4.78 is 0. The van der Waals surface area contributed by atoms with E-state index >= 15 is 0 Å². The van der Waals surface area contributed by atoms with Crippen LogP contribution in [0.1, 0.15) is 20.3 Å². The number of hydrogen-bond acceptors (Lipinski definition) is 7. The molecule has 1 aromatic rings. The number of benzene rings is 1. The number of aliphatic imine (C=N–C) groups is 1. The van der Waals surface area contributed by atoms with Gasteiger partial charge in [-0.25, -0.2) is 9.79 Å². The van der Waals surface area contributed by atoms with Crippen LogP contribution in [-0.2, 0) is 4.79 Å². The van der Waals surface area contributed by atoms with Crippen LogP contribution >= 0.6 is 0 Å². The molecule has 9 nitrogen and oxygen atoms in total. The van der Waals surface area contributed by atoms with Gasteiger partial charge in [-0.1, -0.05) is 18.2 Å². The molecule has 1 N–H and O–H groups in total. The Morgan fingerprint density at radius 2 is 1.72 bits per heavy atom. The standard InChI is InChI=1S/C23H31N7O2/c1-16-17(2)30-19-20(26(3)23(32)25-21(19)31)24-22(30)29(16)11-7-10-27-12-14-28(15-13-27)18-8-5-4-6-9-18/h4-6,8-9,19-20H,7,10-15H2,1-3H3,(H,25,31,32). The normalized spacial score (nSPS) is 25.9. The van der Waals surface area contributed by atoms with E-state index in [-0.39, 0.29) is 11.9 Å². The minimum atomic E-state index is -0.487. The highest BCUT2D eigenvalue weighted by atomic mass is 16.2. The van der Waals surface area contributed by atoms with E-state index in [4.69, 9.17) is 4.99 Å². The summed E-state index contributed by atoms with van der Waals surface area (Å²) in [7, 11) is 1.69. The molecule has 0 spiro atoms. The zero-order valence-electron chi connectivity index (χ0n) is 19.0. The lowest BCUT2D eigenvalue weighted by atomic mass is 10.1. The van der Waals surface area contributed by atoms with Crippen LogP contribution in [0.5, 0.6) is 0 Å². The average molecular weight is 438 g/mol. The minimum absolute atomic E-state index is 0.276. The fourth-order valence-electron chi connectivity index (χ4n) is 5.11. The molecule has 4 heterocycles. The van der Waals surface area contributed by atoms with Crippen LogP contribution in [0.25, 0.3) is 0 Å². The molecule has 2 saturated heterocycles. The maximum Gasteiger partial charge on any atom is 0.325 e. The number of urea groups is 1. The molecule has 2 fully saturated rings. The SMILES string of the molecule is CC1=C(C)N2C(=NC3C2C(=O)NC(=O)N3C)N1CCCN1CCN(c2ccccc2)CC1. The van der Waals surface area contributed by atoms with E-state index in [1.54, 1.807) is 7.05 Å².